The zero-order valence-corrected chi connectivity index (χ0v) is 17.5. The average Bonchev–Trinajstić information content (AvgIpc) is 3.19. The predicted molar refractivity (Wildman–Crippen MR) is 111 cm³/mol. The van der Waals surface area contributed by atoms with Crippen molar-refractivity contribution in [2.24, 2.45) is 0 Å². The number of pyridine rings is 1. The van der Waals surface area contributed by atoms with Crippen LogP contribution < -0.4 is 9.47 Å². The Balaban J connectivity index is 1.60. The number of benzene rings is 1. The van der Waals surface area contributed by atoms with E-state index in [0.29, 0.717) is 18.8 Å². The van der Waals surface area contributed by atoms with Crippen LogP contribution in [0.5, 0.6) is 11.5 Å². The van der Waals surface area contributed by atoms with Gasteiger partial charge >= 0.3 is 0 Å². The lowest BCUT2D eigenvalue weighted by Gasteiger charge is -2.46. The van der Waals surface area contributed by atoms with Gasteiger partial charge in [0.25, 0.3) is 5.91 Å². The first-order valence-electron chi connectivity index (χ1n) is 10.7. The van der Waals surface area contributed by atoms with Gasteiger partial charge in [0.1, 0.15) is 13.2 Å². The Labute approximate surface area is 172 Å². The van der Waals surface area contributed by atoms with Crippen LogP contribution in [0.25, 0.3) is 0 Å². The molecular formula is C24H28N2O3. The molecule has 1 aromatic heterocycles. The van der Waals surface area contributed by atoms with Crippen LogP contribution in [0.15, 0.2) is 24.3 Å². The van der Waals surface area contributed by atoms with Gasteiger partial charge in [0, 0.05) is 17.7 Å². The number of fused-ring (bicyclic) bond motifs is 3. The van der Waals surface area contributed by atoms with Crippen molar-refractivity contribution in [3.63, 3.8) is 0 Å². The van der Waals surface area contributed by atoms with Crippen molar-refractivity contribution in [1.29, 1.82) is 0 Å². The van der Waals surface area contributed by atoms with E-state index in [4.69, 9.17) is 9.47 Å². The summed E-state index contributed by atoms with van der Waals surface area (Å²) in [4.78, 5) is 20.2. The van der Waals surface area contributed by atoms with Gasteiger partial charge in [-0.2, -0.15) is 0 Å². The van der Waals surface area contributed by atoms with E-state index in [2.05, 4.69) is 28.9 Å². The summed E-state index contributed by atoms with van der Waals surface area (Å²) >= 11 is 0. The molecular weight excluding hydrogens is 364 g/mol. The van der Waals surface area contributed by atoms with E-state index >= 15 is 0 Å². The summed E-state index contributed by atoms with van der Waals surface area (Å²) in [6.45, 7) is 7.94. The van der Waals surface area contributed by atoms with Crippen molar-refractivity contribution >= 4 is 5.91 Å². The minimum Gasteiger partial charge on any atom is -0.486 e. The summed E-state index contributed by atoms with van der Waals surface area (Å²) in [7, 11) is 0. The first-order chi connectivity index (χ1) is 14.0. The molecule has 1 atom stereocenters. The second-order valence-corrected chi connectivity index (χ2v) is 8.77. The Morgan fingerprint density at radius 2 is 1.79 bits per heavy atom. The molecule has 1 fully saturated rings. The molecule has 3 heterocycles. The molecule has 1 saturated carbocycles. The van der Waals surface area contributed by atoms with E-state index in [1.807, 2.05) is 26.0 Å². The van der Waals surface area contributed by atoms with Crippen LogP contribution in [0.4, 0.5) is 0 Å². The van der Waals surface area contributed by atoms with Gasteiger partial charge in [-0.05, 0) is 69.0 Å². The second-order valence-electron chi connectivity index (χ2n) is 8.77. The molecule has 2 aliphatic heterocycles. The minimum atomic E-state index is -0.0137. The van der Waals surface area contributed by atoms with Crippen molar-refractivity contribution in [3.05, 3.63) is 52.3 Å². The van der Waals surface area contributed by atoms with E-state index in [1.54, 1.807) is 0 Å². The lowest BCUT2D eigenvalue weighted by Crippen LogP contribution is -2.48. The minimum absolute atomic E-state index is 0.0133. The van der Waals surface area contributed by atoms with E-state index in [-0.39, 0.29) is 17.4 Å². The maximum atomic E-state index is 13.6. The van der Waals surface area contributed by atoms with Gasteiger partial charge in [-0.1, -0.05) is 12.8 Å². The molecule has 3 aliphatic rings. The summed E-state index contributed by atoms with van der Waals surface area (Å²) in [6.07, 6.45) is 4.63. The topological polar surface area (TPSA) is 51.7 Å². The lowest BCUT2D eigenvalue weighted by molar-refractivity contribution is 0.0592. The number of rotatable bonds is 1. The Bertz CT molecular complexity index is 978. The number of hydrogen-bond acceptors (Lipinski definition) is 4. The van der Waals surface area contributed by atoms with Crippen LogP contribution in [-0.4, -0.2) is 35.5 Å². The molecule has 152 valence electrons. The largest absolute Gasteiger partial charge is 0.486 e. The molecule has 5 rings (SSSR count). The number of amides is 1. The molecule has 1 unspecified atom stereocenters. The van der Waals surface area contributed by atoms with Crippen LogP contribution in [-0.2, 0) is 5.41 Å². The van der Waals surface area contributed by atoms with Crippen molar-refractivity contribution in [1.82, 2.24) is 9.88 Å². The Morgan fingerprint density at radius 1 is 1.10 bits per heavy atom. The van der Waals surface area contributed by atoms with E-state index in [9.17, 15) is 4.79 Å². The Morgan fingerprint density at radius 3 is 2.48 bits per heavy atom. The van der Waals surface area contributed by atoms with Gasteiger partial charge in [0.15, 0.2) is 11.5 Å². The number of carbonyl (C=O) groups excluding carboxylic acids is 1. The number of ether oxygens (including phenoxy) is 2. The predicted octanol–water partition coefficient (Wildman–Crippen LogP) is 4.50. The molecule has 1 spiro atoms. The third-order valence-electron chi connectivity index (χ3n) is 6.95. The molecule has 2 aromatic rings. The zero-order chi connectivity index (χ0) is 20.2. The summed E-state index contributed by atoms with van der Waals surface area (Å²) in [5, 5.41) is 0. The number of aryl methyl sites for hydroxylation is 2. The molecule has 0 N–H and O–H groups in total. The molecule has 1 aliphatic carbocycles. The summed E-state index contributed by atoms with van der Waals surface area (Å²) in [5.74, 6) is 1.73. The highest BCUT2D eigenvalue weighted by atomic mass is 16.6. The van der Waals surface area contributed by atoms with Crippen LogP contribution in [0.3, 0.4) is 0 Å². The maximum absolute atomic E-state index is 13.6. The molecule has 0 radical (unpaired) electrons. The van der Waals surface area contributed by atoms with E-state index in [1.165, 1.54) is 24.0 Å². The van der Waals surface area contributed by atoms with Crippen molar-refractivity contribution < 1.29 is 14.3 Å². The van der Waals surface area contributed by atoms with Crippen molar-refractivity contribution in [2.75, 3.05) is 19.8 Å². The number of nitrogens with zero attached hydrogens (tertiary/aromatic N) is 2. The molecule has 5 heteroatoms. The third-order valence-corrected chi connectivity index (χ3v) is 6.95. The molecule has 29 heavy (non-hydrogen) atoms. The highest BCUT2D eigenvalue weighted by Crippen LogP contribution is 2.52. The Kier molecular flexibility index (Phi) is 4.30. The summed E-state index contributed by atoms with van der Waals surface area (Å²) in [5.41, 5.74) is 5.02. The second kappa shape index (κ2) is 6.75. The summed E-state index contributed by atoms with van der Waals surface area (Å²) in [6, 6.07) is 8.16. The van der Waals surface area contributed by atoms with Crippen LogP contribution in [0.1, 0.15) is 71.5 Å². The molecule has 0 saturated heterocycles. The average molecular weight is 392 g/mol. The Hall–Kier alpha value is -2.56. The van der Waals surface area contributed by atoms with Gasteiger partial charge in [0.05, 0.1) is 17.3 Å². The van der Waals surface area contributed by atoms with Crippen molar-refractivity contribution in [3.8, 4) is 11.5 Å². The van der Waals surface area contributed by atoms with Gasteiger partial charge in [-0.25, -0.2) is 0 Å². The lowest BCUT2D eigenvalue weighted by atomic mass is 9.71. The number of aromatic nitrogens is 1. The molecule has 5 nitrogen and oxygen atoms in total. The van der Waals surface area contributed by atoms with Gasteiger partial charge in [-0.15, -0.1) is 0 Å². The van der Waals surface area contributed by atoms with Crippen LogP contribution in [0, 0.1) is 13.8 Å². The number of hydrogen-bond donors (Lipinski definition) is 0. The first-order valence-corrected chi connectivity index (χ1v) is 10.7. The fraction of sp³-hybridized carbons (Fsp3) is 0.500. The fourth-order valence-corrected chi connectivity index (χ4v) is 5.42. The first kappa shape index (κ1) is 18.5. The number of carbonyl (C=O) groups is 1. The van der Waals surface area contributed by atoms with Crippen molar-refractivity contribution in [2.45, 2.75) is 57.9 Å². The third kappa shape index (κ3) is 2.90. The standard InChI is InChI=1S/C24H28N2O3/c1-15-6-7-18(16(2)25-15)23(27)26-14-24(8-4-5-9-24)20-13-22-21(28-10-11-29-22)12-19(20)17(26)3/h6-7,12-13,17H,4-5,8-11,14H2,1-3H3. The van der Waals surface area contributed by atoms with Gasteiger partial charge < -0.3 is 14.4 Å². The van der Waals surface area contributed by atoms with E-state index in [0.717, 1.165) is 42.3 Å². The van der Waals surface area contributed by atoms with Gasteiger partial charge in [-0.3, -0.25) is 9.78 Å². The van der Waals surface area contributed by atoms with Crippen LogP contribution in [0.2, 0.25) is 0 Å². The van der Waals surface area contributed by atoms with E-state index < -0.39 is 0 Å². The SMILES string of the molecule is Cc1ccc(C(=O)N2CC3(CCCC3)c3cc4c(cc3C2C)OCCO4)c(C)n1. The highest BCUT2D eigenvalue weighted by Gasteiger charge is 2.46. The highest BCUT2D eigenvalue weighted by molar-refractivity contribution is 5.96. The van der Waals surface area contributed by atoms with Crippen LogP contribution >= 0.6 is 0 Å². The molecule has 1 amide bonds. The van der Waals surface area contributed by atoms with Gasteiger partial charge in [0.2, 0.25) is 0 Å². The summed E-state index contributed by atoms with van der Waals surface area (Å²) < 4.78 is 11.7. The normalized spacial score (nSPS) is 21.9. The molecule has 0 bridgehead atoms. The maximum Gasteiger partial charge on any atom is 0.256 e. The zero-order valence-electron chi connectivity index (χ0n) is 17.5. The monoisotopic (exact) mass is 392 g/mol. The quantitative estimate of drug-likeness (QED) is 0.717. The molecule has 1 aromatic carbocycles. The smallest absolute Gasteiger partial charge is 0.256 e. The fourth-order valence-electron chi connectivity index (χ4n) is 5.42.